The Bertz CT molecular complexity index is 663. The smallest absolute Gasteiger partial charge is 0.328 e. The third kappa shape index (κ3) is 4.07. The third-order valence-electron chi connectivity index (χ3n) is 2.53. The fourth-order valence-electron chi connectivity index (χ4n) is 1.61. The first kappa shape index (κ1) is 14.6. The molecule has 0 atom stereocenters. The highest BCUT2D eigenvalue weighted by atomic mass is 16.5. The first-order chi connectivity index (χ1) is 10.1. The van der Waals surface area contributed by atoms with Crippen molar-refractivity contribution in [3.05, 3.63) is 41.6 Å². The minimum atomic E-state index is -1.01. The fourth-order valence-corrected chi connectivity index (χ4v) is 1.61. The zero-order valence-corrected chi connectivity index (χ0v) is 11.6. The van der Waals surface area contributed by atoms with E-state index in [9.17, 15) is 4.79 Å². The molecule has 0 spiro atoms. The summed E-state index contributed by atoms with van der Waals surface area (Å²) in [5.74, 6) is 0.875. The first-order valence-corrected chi connectivity index (χ1v) is 6.09. The van der Waals surface area contributed by atoms with Gasteiger partial charge in [-0.15, -0.1) is 0 Å². The van der Waals surface area contributed by atoms with Gasteiger partial charge in [0.05, 0.1) is 7.11 Å². The number of nitrogens with zero attached hydrogens (tertiary/aromatic N) is 2. The van der Waals surface area contributed by atoms with Gasteiger partial charge in [0.2, 0.25) is 0 Å². The number of aliphatic carboxylic acids is 1. The lowest BCUT2D eigenvalue weighted by Gasteiger charge is -2.09. The summed E-state index contributed by atoms with van der Waals surface area (Å²) in [6.07, 6.45) is 2.52. The van der Waals surface area contributed by atoms with Crippen LogP contribution in [0.4, 0.5) is 0 Å². The lowest BCUT2D eigenvalue weighted by molar-refractivity contribution is -0.131. The topological polar surface area (TPSA) is 94.7 Å². The second-order valence-corrected chi connectivity index (χ2v) is 4.11. The van der Waals surface area contributed by atoms with Gasteiger partial charge in [-0.25, -0.2) is 4.79 Å². The monoisotopic (exact) mass is 290 g/mol. The fraction of sp³-hybridized carbons (Fsp3) is 0.214. The van der Waals surface area contributed by atoms with Gasteiger partial charge < -0.3 is 19.1 Å². The average Bonchev–Trinajstić information content (AvgIpc) is 2.88. The molecule has 1 aromatic heterocycles. The number of benzene rings is 1. The van der Waals surface area contributed by atoms with Gasteiger partial charge in [-0.2, -0.15) is 4.98 Å². The van der Waals surface area contributed by atoms with Crippen LogP contribution in [-0.4, -0.2) is 28.3 Å². The van der Waals surface area contributed by atoms with E-state index in [1.807, 2.05) is 0 Å². The highest BCUT2D eigenvalue weighted by Crippen LogP contribution is 2.29. The van der Waals surface area contributed by atoms with Gasteiger partial charge in [0.15, 0.2) is 23.9 Å². The quantitative estimate of drug-likeness (QED) is 0.813. The minimum Gasteiger partial charge on any atom is -0.493 e. The summed E-state index contributed by atoms with van der Waals surface area (Å²) in [6.45, 7) is 1.85. The van der Waals surface area contributed by atoms with Crippen molar-refractivity contribution in [2.45, 2.75) is 13.5 Å². The van der Waals surface area contributed by atoms with E-state index in [0.29, 0.717) is 28.8 Å². The van der Waals surface area contributed by atoms with Crippen LogP contribution in [0.3, 0.4) is 0 Å². The van der Waals surface area contributed by atoms with Crippen LogP contribution in [0.25, 0.3) is 6.08 Å². The number of carboxylic acids is 1. The van der Waals surface area contributed by atoms with E-state index in [1.165, 1.54) is 13.2 Å². The zero-order valence-electron chi connectivity index (χ0n) is 11.6. The Morgan fingerprint density at radius 2 is 2.24 bits per heavy atom. The molecule has 0 bridgehead atoms. The molecule has 0 amide bonds. The molecule has 1 heterocycles. The summed E-state index contributed by atoms with van der Waals surface area (Å²) in [6, 6.07) is 5.08. The molecule has 7 heteroatoms. The van der Waals surface area contributed by atoms with E-state index in [1.54, 1.807) is 25.1 Å². The molecule has 2 aromatic rings. The number of methoxy groups -OCH3 is 1. The zero-order chi connectivity index (χ0) is 15.2. The maximum absolute atomic E-state index is 10.5. The maximum Gasteiger partial charge on any atom is 0.328 e. The summed E-state index contributed by atoms with van der Waals surface area (Å²) in [5, 5.41) is 12.3. The number of hydrogen-bond acceptors (Lipinski definition) is 6. The molecule has 2 rings (SSSR count). The van der Waals surface area contributed by atoms with Crippen LogP contribution in [-0.2, 0) is 11.4 Å². The van der Waals surface area contributed by atoms with E-state index in [2.05, 4.69) is 10.1 Å². The Balaban J connectivity index is 2.10. The molecular formula is C14H14N2O5. The van der Waals surface area contributed by atoms with Crippen LogP contribution in [0, 0.1) is 6.92 Å². The van der Waals surface area contributed by atoms with Crippen molar-refractivity contribution >= 4 is 12.0 Å². The van der Waals surface area contributed by atoms with Crippen LogP contribution in [0.2, 0.25) is 0 Å². The SMILES string of the molecule is COc1cc(/C=C/C(=O)O)ccc1OCc1nc(C)no1. The highest BCUT2D eigenvalue weighted by Gasteiger charge is 2.08. The summed E-state index contributed by atoms with van der Waals surface area (Å²) < 4.78 is 15.7. The van der Waals surface area contributed by atoms with E-state index in [0.717, 1.165) is 6.08 Å². The van der Waals surface area contributed by atoms with Crippen LogP contribution in [0.15, 0.2) is 28.8 Å². The minimum absolute atomic E-state index is 0.126. The number of carboxylic acid groups (broad SMARTS) is 1. The molecule has 0 fully saturated rings. The van der Waals surface area contributed by atoms with Crippen LogP contribution >= 0.6 is 0 Å². The number of aromatic nitrogens is 2. The van der Waals surface area contributed by atoms with Crippen molar-refractivity contribution in [3.8, 4) is 11.5 Å². The van der Waals surface area contributed by atoms with Crippen LogP contribution in [0.1, 0.15) is 17.3 Å². The van der Waals surface area contributed by atoms with Crippen molar-refractivity contribution in [2.24, 2.45) is 0 Å². The third-order valence-corrected chi connectivity index (χ3v) is 2.53. The Morgan fingerprint density at radius 3 is 2.86 bits per heavy atom. The molecule has 21 heavy (non-hydrogen) atoms. The van der Waals surface area contributed by atoms with Gasteiger partial charge in [0.1, 0.15) is 0 Å². The van der Waals surface area contributed by atoms with Crippen molar-refractivity contribution < 1.29 is 23.9 Å². The van der Waals surface area contributed by atoms with Crippen molar-refractivity contribution in [1.82, 2.24) is 10.1 Å². The van der Waals surface area contributed by atoms with E-state index >= 15 is 0 Å². The van der Waals surface area contributed by atoms with Crippen molar-refractivity contribution in [1.29, 1.82) is 0 Å². The molecule has 0 saturated carbocycles. The summed E-state index contributed by atoms with van der Waals surface area (Å²) in [7, 11) is 1.50. The van der Waals surface area contributed by atoms with Gasteiger partial charge in [0.25, 0.3) is 5.89 Å². The predicted octanol–water partition coefficient (Wildman–Crippen LogP) is 2.06. The Hall–Kier alpha value is -2.83. The number of carbonyl (C=O) groups is 1. The highest BCUT2D eigenvalue weighted by molar-refractivity contribution is 5.85. The molecule has 7 nitrogen and oxygen atoms in total. The Morgan fingerprint density at radius 1 is 1.43 bits per heavy atom. The summed E-state index contributed by atoms with van der Waals surface area (Å²) in [5.41, 5.74) is 0.690. The molecule has 0 aliphatic carbocycles. The Kier molecular flexibility index (Phi) is 4.55. The second kappa shape index (κ2) is 6.56. The van der Waals surface area contributed by atoms with Crippen molar-refractivity contribution in [2.75, 3.05) is 7.11 Å². The lowest BCUT2D eigenvalue weighted by Crippen LogP contribution is -1.98. The molecule has 110 valence electrons. The van der Waals surface area contributed by atoms with Gasteiger partial charge in [0, 0.05) is 6.08 Å². The van der Waals surface area contributed by atoms with Crippen LogP contribution < -0.4 is 9.47 Å². The van der Waals surface area contributed by atoms with E-state index < -0.39 is 5.97 Å². The number of ether oxygens (including phenoxy) is 2. The molecule has 0 aliphatic rings. The number of hydrogen-bond donors (Lipinski definition) is 1. The number of aryl methyl sites for hydroxylation is 1. The van der Waals surface area contributed by atoms with Gasteiger partial charge in [-0.3, -0.25) is 0 Å². The molecular weight excluding hydrogens is 276 g/mol. The lowest BCUT2D eigenvalue weighted by atomic mass is 10.2. The molecule has 0 aliphatic heterocycles. The average molecular weight is 290 g/mol. The molecule has 0 unspecified atom stereocenters. The van der Waals surface area contributed by atoms with Gasteiger partial charge in [-0.05, 0) is 30.7 Å². The molecule has 1 aromatic carbocycles. The second-order valence-electron chi connectivity index (χ2n) is 4.11. The largest absolute Gasteiger partial charge is 0.493 e. The Labute approximate surface area is 120 Å². The summed E-state index contributed by atoms with van der Waals surface area (Å²) >= 11 is 0. The maximum atomic E-state index is 10.5. The summed E-state index contributed by atoms with van der Waals surface area (Å²) in [4.78, 5) is 14.5. The van der Waals surface area contributed by atoms with E-state index in [-0.39, 0.29) is 6.61 Å². The number of rotatable bonds is 6. The van der Waals surface area contributed by atoms with E-state index in [4.69, 9.17) is 19.1 Å². The first-order valence-electron chi connectivity index (χ1n) is 6.09. The molecule has 0 saturated heterocycles. The molecule has 0 radical (unpaired) electrons. The standard InChI is InChI=1S/C14H14N2O5/c1-9-15-13(21-16-9)8-20-11-5-3-10(4-6-14(17)18)7-12(11)19-2/h3-7H,8H2,1-2H3,(H,17,18)/b6-4+. The van der Waals surface area contributed by atoms with Gasteiger partial charge in [-0.1, -0.05) is 11.2 Å². The van der Waals surface area contributed by atoms with Crippen LogP contribution in [0.5, 0.6) is 11.5 Å². The normalized spacial score (nSPS) is 10.8. The predicted molar refractivity (Wildman–Crippen MR) is 73.0 cm³/mol. The van der Waals surface area contributed by atoms with Gasteiger partial charge >= 0.3 is 5.97 Å². The molecule has 1 N–H and O–H groups in total. The van der Waals surface area contributed by atoms with Crippen molar-refractivity contribution in [3.63, 3.8) is 0 Å².